The molecule has 0 unspecified atom stereocenters. The molecule has 4 heteroatoms. The van der Waals surface area contributed by atoms with Gasteiger partial charge in [-0.1, -0.05) is 0 Å². The van der Waals surface area contributed by atoms with Gasteiger partial charge in [0.25, 0.3) is 0 Å². The maximum atomic E-state index is 5.72. The topological polar surface area (TPSA) is 56.7 Å². The Hall–Kier alpha value is -1.84. The van der Waals surface area contributed by atoms with Gasteiger partial charge in [0.1, 0.15) is 5.82 Å². The zero-order chi connectivity index (χ0) is 11.9. The summed E-state index contributed by atoms with van der Waals surface area (Å²) in [5.41, 5.74) is 11.1. The SMILES string of the molecule is Cc1cc(-c2c(C)nn(C)c2C)cnc1N. The molecule has 4 nitrogen and oxygen atoms in total. The van der Waals surface area contributed by atoms with E-state index in [-0.39, 0.29) is 0 Å². The molecule has 2 aromatic heterocycles. The first-order chi connectivity index (χ1) is 7.50. The summed E-state index contributed by atoms with van der Waals surface area (Å²) in [6.45, 7) is 6.03. The lowest BCUT2D eigenvalue weighted by molar-refractivity contribution is 0.731. The monoisotopic (exact) mass is 216 g/mol. The van der Waals surface area contributed by atoms with Crippen molar-refractivity contribution in [3.8, 4) is 11.1 Å². The first kappa shape index (κ1) is 10.7. The first-order valence-electron chi connectivity index (χ1n) is 5.23. The van der Waals surface area contributed by atoms with Gasteiger partial charge in [-0.2, -0.15) is 5.10 Å². The summed E-state index contributed by atoms with van der Waals surface area (Å²) in [5.74, 6) is 0.586. The van der Waals surface area contributed by atoms with E-state index in [4.69, 9.17) is 5.73 Å². The van der Waals surface area contributed by atoms with Gasteiger partial charge in [-0.3, -0.25) is 4.68 Å². The summed E-state index contributed by atoms with van der Waals surface area (Å²) < 4.78 is 1.89. The highest BCUT2D eigenvalue weighted by Crippen LogP contribution is 2.27. The third-order valence-corrected chi connectivity index (χ3v) is 2.92. The highest BCUT2D eigenvalue weighted by atomic mass is 15.3. The van der Waals surface area contributed by atoms with Crippen LogP contribution in [0.25, 0.3) is 11.1 Å². The number of nitrogen functional groups attached to an aromatic ring is 1. The zero-order valence-electron chi connectivity index (χ0n) is 10.1. The van der Waals surface area contributed by atoms with E-state index in [9.17, 15) is 0 Å². The number of hydrogen-bond acceptors (Lipinski definition) is 3. The number of anilines is 1. The van der Waals surface area contributed by atoms with Crippen molar-refractivity contribution in [1.82, 2.24) is 14.8 Å². The van der Waals surface area contributed by atoms with Crippen LogP contribution in [0, 0.1) is 20.8 Å². The van der Waals surface area contributed by atoms with Crippen molar-refractivity contribution in [3.05, 3.63) is 29.2 Å². The van der Waals surface area contributed by atoms with E-state index in [0.717, 1.165) is 28.1 Å². The molecule has 0 saturated heterocycles. The Bertz CT molecular complexity index is 540. The predicted molar refractivity (Wildman–Crippen MR) is 65.1 cm³/mol. The lowest BCUT2D eigenvalue weighted by atomic mass is 10.0. The van der Waals surface area contributed by atoms with Crippen molar-refractivity contribution >= 4 is 5.82 Å². The fourth-order valence-electron chi connectivity index (χ4n) is 1.91. The second-order valence-electron chi connectivity index (χ2n) is 4.10. The molecule has 0 aromatic carbocycles. The fourth-order valence-corrected chi connectivity index (χ4v) is 1.91. The minimum Gasteiger partial charge on any atom is -0.383 e. The van der Waals surface area contributed by atoms with E-state index in [1.165, 1.54) is 0 Å². The molecule has 0 radical (unpaired) electrons. The molecule has 0 spiro atoms. The molecule has 0 saturated carbocycles. The molecule has 0 bridgehead atoms. The van der Waals surface area contributed by atoms with Gasteiger partial charge in [0, 0.05) is 30.1 Å². The predicted octanol–water partition coefficient (Wildman–Crippen LogP) is 1.99. The molecule has 2 rings (SSSR count). The average Bonchev–Trinajstić information content (AvgIpc) is 2.47. The van der Waals surface area contributed by atoms with Crippen molar-refractivity contribution < 1.29 is 0 Å². The molecule has 0 aliphatic heterocycles. The largest absolute Gasteiger partial charge is 0.383 e. The Morgan fingerprint density at radius 1 is 1.25 bits per heavy atom. The summed E-state index contributed by atoms with van der Waals surface area (Å²) in [6.07, 6.45) is 1.80. The van der Waals surface area contributed by atoms with Crippen molar-refractivity contribution in [1.29, 1.82) is 0 Å². The molecule has 2 N–H and O–H groups in total. The van der Waals surface area contributed by atoms with Crippen LogP contribution in [0.15, 0.2) is 12.3 Å². The van der Waals surface area contributed by atoms with Gasteiger partial charge in [0.15, 0.2) is 0 Å². The van der Waals surface area contributed by atoms with Crippen LogP contribution >= 0.6 is 0 Å². The third kappa shape index (κ3) is 1.56. The minimum atomic E-state index is 0.586. The standard InChI is InChI=1S/C12H16N4/c1-7-5-10(6-14-12(7)13)11-8(2)15-16(4)9(11)3/h5-6H,1-4H3,(H2,13,14). The molecule has 16 heavy (non-hydrogen) atoms. The Balaban J connectivity index is 2.63. The Morgan fingerprint density at radius 2 is 1.94 bits per heavy atom. The molecule has 0 amide bonds. The zero-order valence-corrected chi connectivity index (χ0v) is 10.1. The van der Waals surface area contributed by atoms with Crippen LogP contribution in [0.1, 0.15) is 17.0 Å². The maximum Gasteiger partial charge on any atom is 0.126 e. The number of nitrogens with two attached hydrogens (primary N) is 1. The lowest BCUT2D eigenvalue weighted by Crippen LogP contribution is -1.95. The molecule has 2 heterocycles. The average molecular weight is 216 g/mol. The quantitative estimate of drug-likeness (QED) is 0.793. The van der Waals surface area contributed by atoms with Crippen molar-refractivity contribution in [3.63, 3.8) is 0 Å². The summed E-state index contributed by atoms with van der Waals surface area (Å²) in [5, 5.41) is 4.40. The number of pyridine rings is 1. The highest BCUT2D eigenvalue weighted by molar-refractivity contribution is 5.69. The summed E-state index contributed by atoms with van der Waals surface area (Å²) in [6, 6.07) is 2.05. The number of aryl methyl sites for hydroxylation is 3. The number of aromatic nitrogens is 3. The number of hydrogen-bond donors (Lipinski definition) is 1. The first-order valence-corrected chi connectivity index (χ1v) is 5.23. The molecule has 0 aliphatic rings. The molecular weight excluding hydrogens is 200 g/mol. The van der Waals surface area contributed by atoms with Gasteiger partial charge < -0.3 is 5.73 Å². The minimum absolute atomic E-state index is 0.586. The Morgan fingerprint density at radius 3 is 2.44 bits per heavy atom. The van der Waals surface area contributed by atoms with E-state index in [0.29, 0.717) is 5.82 Å². The van der Waals surface area contributed by atoms with Crippen LogP contribution in [0.5, 0.6) is 0 Å². The molecule has 0 fully saturated rings. The lowest BCUT2D eigenvalue weighted by Gasteiger charge is -2.05. The third-order valence-electron chi connectivity index (χ3n) is 2.92. The number of rotatable bonds is 1. The van der Waals surface area contributed by atoms with E-state index in [1.807, 2.05) is 25.6 Å². The van der Waals surface area contributed by atoms with Crippen LogP contribution < -0.4 is 5.73 Å². The van der Waals surface area contributed by atoms with Crippen molar-refractivity contribution in [2.45, 2.75) is 20.8 Å². The second-order valence-corrected chi connectivity index (χ2v) is 4.10. The van der Waals surface area contributed by atoms with Crippen LogP contribution in [0.2, 0.25) is 0 Å². The summed E-state index contributed by atoms with van der Waals surface area (Å²) in [4.78, 5) is 4.19. The highest BCUT2D eigenvalue weighted by Gasteiger charge is 2.12. The summed E-state index contributed by atoms with van der Waals surface area (Å²) in [7, 11) is 1.95. The Labute approximate surface area is 95.1 Å². The molecule has 2 aromatic rings. The molecule has 0 aliphatic carbocycles. The normalized spacial score (nSPS) is 10.8. The van der Waals surface area contributed by atoms with Crippen molar-refractivity contribution in [2.75, 3.05) is 5.73 Å². The maximum absolute atomic E-state index is 5.72. The van der Waals surface area contributed by atoms with E-state index >= 15 is 0 Å². The fraction of sp³-hybridized carbons (Fsp3) is 0.333. The molecular formula is C12H16N4. The van der Waals surface area contributed by atoms with Crippen molar-refractivity contribution in [2.24, 2.45) is 7.05 Å². The van der Waals surface area contributed by atoms with Gasteiger partial charge in [-0.25, -0.2) is 4.98 Å². The van der Waals surface area contributed by atoms with Gasteiger partial charge in [0.2, 0.25) is 0 Å². The van der Waals surface area contributed by atoms with Crippen LogP contribution in [0.4, 0.5) is 5.82 Å². The number of nitrogens with zero attached hydrogens (tertiary/aromatic N) is 3. The van der Waals surface area contributed by atoms with E-state index in [2.05, 4.69) is 23.1 Å². The summed E-state index contributed by atoms with van der Waals surface area (Å²) >= 11 is 0. The van der Waals surface area contributed by atoms with E-state index < -0.39 is 0 Å². The van der Waals surface area contributed by atoms with Crippen LogP contribution in [-0.4, -0.2) is 14.8 Å². The van der Waals surface area contributed by atoms with Crippen LogP contribution in [-0.2, 0) is 7.05 Å². The van der Waals surface area contributed by atoms with Crippen LogP contribution in [0.3, 0.4) is 0 Å². The smallest absolute Gasteiger partial charge is 0.126 e. The van der Waals surface area contributed by atoms with Gasteiger partial charge >= 0.3 is 0 Å². The van der Waals surface area contributed by atoms with Gasteiger partial charge in [-0.05, 0) is 32.4 Å². The second kappa shape index (κ2) is 3.63. The van der Waals surface area contributed by atoms with Gasteiger partial charge in [-0.15, -0.1) is 0 Å². The molecule has 84 valence electrons. The molecule has 0 atom stereocenters. The van der Waals surface area contributed by atoms with Gasteiger partial charge in [0.05, 0.1) is 5.69 Å². The van der Waals surface area contributed by atoms with E-state index in [1.54, 1.807) is 6.20 Å². The Kier molecular flexibility index (Phi) is 2.42.